The third-order valence-electron chi connectivity index (χ3n) is 4.17. The van der Waals surface area contributed by atoms with Crippen LogP contribution in [-0.2, 0) is 0 Å². The standard InChI is InChI=1S/C21H22N4O/c1-4-25(17-8-6-5-7-9-17)20-14-22-19(13-23-20)21(26)24-18-12-15(2)10-11-16(18)3/h5-14H,4H2,1-3H3,(H,24,26). The van der Waals surface area contributed by atoms with Gasteiger partial charge < -0.3 is 10.2 Å². The van der Waals surface area contributed by atoms with Gasteiger partial charge in [0, 0.05) is 17.9 Å². The van der Waals surface area contributed by atoms with Gasteiger partial charge in [-0.15, -0.1) is 0 Å². The van der Waals surface area contributed by atoms with E-state index in [1.54, 1.807) is 6.20 Å². The molecule has 1 N–H and O–H groups in total. The van der Waals surface area contributed by atoms with Crippen LogP contribution < -0.4 is 10.2 Å². The second kappa shape index (κ2) is 7.78. The summed E-state index contributed by atoms with van der Waals surface area (Å²) in [7, 11) is 0. The molecule has 1 aromatic heterocycles. The molecule has 5 nitrogen and oxygen atoms in total. The van der Waals surface area contributed by atoms with Gasteiger partial charge in [-0.05, 0) is 50.1 Å². The minimum absolute atomic E-state index is 0.263. The minimum Gasteiger partial charge on any atom is -0.325 e. The molecule has 0 unspecified atom stereocenters. The zero-order valence-electron chi connectivity index (χ0n) is 15.2. The fourth-order valence-corrected chi connectivity index (χ4v) is 2.72. The van der Waals surface area contributed by atoms with Crippen molar-refractivity contribution < 1.29 is 4.79 Å². The van der Waals surface area contributed by atoms with E-state index in [2.05, 4.69) is 22.2 Å². The second-order valence-electron chi connectivity index (χ2n) is 6.11. The zero-order chi connectivity index (χ0) is 18.5. The van der Waals surface area contributed by atoms with Crippen LogP contribution in [0.15, 0.2) is 60.9 Å². The van der Waals surface area contributed by atoms with Crippen molar-refractivity contribution in [2.45, 2.75) is 20.8 Å². The van der Waals surface area contributed by atoms with Crippen LogP contribution in [0.2, 0.25) is 0 Å². The highest BCUT2D eigenvalue weighted by Gasteiger charge is 2.13. The van der Waals surface area contributed by atoms with Crippen LogP contribution in [0, 0.1) is 13.8 Å². The zero-order valence-corrected chi connectivity index (χ0v) is 15.2. The van der Waals surface area contributed by atoms with Crippen molar-refractivity contribution in [2.24, 2.45) is 0 Å². The van der Waals surface area contributed by atoms with Crippen molar-refractivity contribution in [3.05, 3.63) is 77.7 Å². The second-order valence-corrected chi connectivity index (χ2v) is 6.11. The van der Waals surface area contributed by atoms with Crippen molar-refractivity contribution in [1.29, 1.82) is 0 Å². The normalized spacial score (nSPS) is 10.4. The van der Waals surface area contributed by atoms with Crippen molar-refractivity contribution in [3.63, 3.8) is 0 Å². The Hall–Kier alpha value is -3.21. The van der Waals surface area contributed by atoms with Crippen molar-refractivity contribution in [3.8, 4) is 0 Å². The average Bonchev–Trinajstić information content (AvgIpc) is 2.67. The number of nitrogens with one attached hydrogen (secondary N) is 1. The SMILES string of the molecule is CCN(c1ccccc1)c1cnc(C(=O)Nc2cc(C)ccc2C)cn1. The molecular formula is C21H22N4O. The van der Waals surface area contributed by atoms with Crippen LogP contribution in [0.3, 0.4) is 0 Å². The highest BCUT2D eigenvalue weighted by atomic mass is 16.1. The van der Waals surface area contributed by atoms with Crippen molar-refractivity contribution in [1.82, 2.24) is 9.97 Å². The number of carbonyl (C=O) groups excluding carboxylic acids is 1. The fourth-order valence-electron chi connectivity index (χ4n) is 2.72. The van der Waals surface area contributed by atoms with Gasteiger partial charge in [0.15, 0.2) is 5.82 Å². The molecule has 0 atom stereocenters. The summed E-state index contributed by atoms with van der Waals surface area (Å²) in [5.74, 6) is 0.447. The lowest BCUT2D eigenvalue weighted by Crippen LogP contribution is -2.19. The van der Waals surface area contributed by atoms with Crippen molar-refractivity contribution >= 4 is 23.1 Å². The first-order chi connectivity index (χ1) is 12.6. The molecule has 1 heterocycles. The summed E-state index contributed by atoms with van der Waals surface area (Å²) in [5.41, 5.74) is 4.22. The monoisotopic (exact) mass is 346 g/mol. The van der Waals surface area contributed by atoms with Gasteiger partial charge in [0.1, 0.15) is 5.69 Å². The van der Waals surface area contributed by atoms with Crippen LogP contribution in [0.4, 0.5) is 17.2 Å². The summed E-state index contributed by atoms with van der Waals surface area (Å²) < 4.78 is 0. The summed E-state index contributed by atoms with van der Waals surface area (Å²) in [6.45, 7) is 6.76. The van der Waals surface area contributed by atoms with E-state index in [1.807, 2.05) is 67.3 Å². The topological polar surface area (TPSA) is 58.1 Å². The number of aromatic nitrogens is 2. The highest BCUT2D eigenvalue weighted by molar-refractivity contribution is 6.03. The molecule has 5 heteroatoms. The first kappa shape index (κ1) is 17.6. The quantitative estimate of drug-likeness (QED) is 0.739. The van der Waals surface area contributed by atoms with Crippen LogP contribution in [0.25, 0.3) is 0 Å². The molecule has 0 aliphatic heterocycles. The number of para-hydroxylation sites is 1. The predicted octanol–water partition coefficient (Wildman–Crippen LogP) is 4.50. The Balaban J connectivity index is 1.78. The summed E-state index contributed by atoms with van der Waals surface area (Å²) >= 11 is 0. The van der Waals surface area contributed by atoms with E-state index in [-0.39, 0.29) is 5.91 Å². The van der Waals surface area contributed by atoms with Gasteiger partial charge in [-0.1, -0.05) is 30.3 Å². The molecule has 0 spiro atoms. The first-order valence-corrected chi connectivity index (χ1v) is 8.61. The third kappa shape index (κ3) is 3.88. The molecule has 0 aliphatic rings. The third-order valence-corrected chi connectivity index (χ3v) is 4.17. The largest absolute Gasteiger partial charge is 0.325 e. The Labute approximate surface area is 153 Å². The lowest BCUT2D eigenvalue weighted by molar-refractivity contribution is 0.102. The molecular weight excluding hydrogens is 324 g/mol. The number of aryl methyl sites for hydroxylation is 2. The van der Waals surface area contributed by atoms with Crippen molar-refractivity contribution in [2.75, 3.05) is 16.8 Å². The summed E-state index contributed by atoms with van der Waals surface area (Å²) in [5, 5.41) is 2.91. The molecule has 0 fully saturated rings. The number of carbonyl (C=O) groups is 1. The fraction of sp³-hybridized carbons (Fsp3) is 0.190. The molecule has 3 rings (SSSR count). The molecule has 1 amide bonds. The lowest BCUT2D eigenvalue weighted by atomic mass is 10.1. The molecule has 0 radical (unpaired) electrons. The number of anilines is 3. The number of hydrogen-bond donors (Lipinski definition) is 1. The summed E-state index contributed by atoms with van der Waals surface area (Å²) in [6, 6.07) is 15.9. The maximum atomic E-state index is 12.5. The van der Waals surface area contributed by atoms with Crippen LogP contribution in [0.5, 0.6) is 0 Å². The maximum absolute atomic E-state index is 12.5. The van der Waals surface area contributed by atoms with Gasteiger partial charge in [0.25, 0.3) is 5.91 Å². The van der Waals surface area contributed by atoms with Gasteiger partial charge in [-0.3, -0.25) is 4.79 Å². The van der Waals surface area contributed by atoms with E-state index in [0.717, 1.165) is 29.0 Å². The highest BCUT2D eigenvalue weighted by Crippen LogP contribution is 2.22. The molecule has 0 bridgehead atoms. The Kier molecular flexibility index (Phi) is 5.27. The van der Waals surface area contributed by atoms with Crippen LogP contribution >= 0.6 is 0 Å². The van der Waals surface area contributed by atoms with Gasteiger partial charge in [0.2, 0.25) is 0 Å². The Morgan fingerprint density at radius 3 is 2.46 bits per heavy atom. The smallest absolute Gasteiger partial charge is 0.275 e. The number of hydrogen-bond acceptors (Lipinski definition) is 4. The lowest BCUT2D eigenvalue weighted by Gasteiger charge is -2.21. The van der Waals surface area contributed by atoms with E-state index < -0.39 is 0 Å². The number of rotatable bonds is 5. The number of nitrogens with zero attached hydrogens (tertiary/aromatic N) is 3. The Bertz CT molecular complexity index is 892. The molecule has 0 aliphatic carbocycles. The van der Waals surface area contributed by atoms with Crippen LogP contribution in [-0.4, -0.2) is 22.4 Å². The summed E-state index contributed by atoms with van der Waals surface area (Å²) in [4.78, 5) is 23.2. The molecule has 2 aromatic carbocycles. The van der Waals surface area contributed by atoms with E-state index in [1.165, 1.54) is 6.20 Å². The Morgan fingerprint density at radius 1 is 1.04 bits per heavy atom. The summed E-state index contributed by atoms with van der Waals surface area (Å²) in [6.07, 6.45) is 3.15. The predicted molar refractivity (Wildman–Crippen MR) is 105 cm³/mol. The van der Waals surface area contributed by atoms with E-state index >= 15 is 0 Å². The minimum atomic E-state index is -0.263. The molecule has 132 valence electrons. The first-order valence-electron chi connectivity index (χ1n) is 8.61. The van der Waals surface area contributed by atoms with Gasteiger partial charge in [0.05, 0.1) is 12.4 Å². The number of benzene rings is 2. The Morgan fingerprint density at radius 2 is 1.81 bits per heavy atom. The van der Waals surface area contributed by atoms with Gasteiger partial charge in [-0.25, -0.2) is 9.97 Å². The maximum Gasteiger partial charge on any atom is 0.275 e. The molecule has 26 heavy (non-hydrogen) atoms. The molecule has 0 saturated heterocycles. The number of amides is 1. The van der Waals surface area contributed by atoms with E-state index in [9.17, 15) is 4.79 Å². The average molecular weight is 346 g/mol. The van der Waals surface area contributed by atoms with Gasteiger partial charge in [-0.2, -0.15) is 0 Å². The molecule has 0 saturated carbocycles. The van der Waals surface area contributed by atoms with E-state index in [0.29, 0.717) is 11.5 Å². The molecule has 3 aromatic rings. The van der Waals surface area contributed by atoms with Crippen LogP contribution in [0.1, 0.15) is 28.5 Å². The van der Waals surface area contributed by atoms with E-state index in [4.69, 9.17) is 0 Å². The van der Waals surface area contributed by atoms with Gasteiger partial charge >= 0.3 is 0 Å².